The molecule has 214 valence electrons. The van der Waals surface area contributed by atoms with E-state index in [1.807, 2.05) is 37.3 Å². The van der Waals surface area contributed by atoms with E-state index in [0.29, 0.717) is 35.3 Å². The van der Waals surface area contributed by atoms with Gasteiger partial charge in [0.15, 0.2) is 0 Å². The number of pyridine rings is 1. The number of nitrogens with zero attached hydrogens (tertiary/aromatic N) is 1. The molecule has 2 heterocycles. The first-order valence-corrected chi connectivity index (χ1v) is 13.1. The molecule has 0 saturated carbocycles. The van der Waals surface area contributed by atoms with Gasteiger partial charge < -0.3 is 15.2 Å². The van der Waals surface area contributed by atoms with Crippen molar-refractivity contribution >= 4 is 40.4 Å². The van der Waals surface area contributed by atoms with Gasteiger partial charge in [0.25, 0.3) is 5.91 Å². The van der Waals surface area contributed by atoms with Crippen molar-refractivity contribution in [1.29, 1.82) is 0 Å². The molecule has 0 aliphatic carbocycles. The number of para-hydroxylation sites is 1. The Morgan fingerprint density at radius 3 is 2.38 bits per heavy atom. The van der Waals surface area contributed by atoms with Gasteiger partial charge in [0, 0.05) is 33.2 Å². The van der Waals surface area contributed by atoms with Crippen LogP contribution in [0, 0.1) is 6.92 Å². The summed E-state index contributed by atoms with van der Waals surface area (Å²) < 4.78 is 37.7. The van der Waals surface area contributed by atoms with Crippen LogP contribution in [-0.2, 0) is 16.2 Å². The fourth-order valence-corrected chi connectivity index (χ4v) is 5.59. The maximum atomic E-state index is 12.9. The molecular formula is C27H28F3N3O6S. The number of carbonyl (C=O) groups excluding carboxylic acids is 2. The molecule has 13 heteroatoms. The molecule has 0 bridgehead atoms. The summed E-state index contributed by atoms with van der Waals surface area (Å²) in [5.41, 5.74) is 4.41. The number of ether oxygens (including phenoxy) is 1. The zero-order valence-electron chi connectivity index (χ0n) is 21.6. The van der Waals surface area contributed by atoms with Crippen LogP contribution in [0.1, 0.15) is 41.4 Å². The molecule has 2 aromatic carbocycles. The fraction of sp³-hybridized carbons (Fsp3) is 0.333. The molecule has 4 N–H and O–H groups in total. The van der Waals surface area contributed by atoms with Crippen molar-refractivity contribution in [2.24, 2.45) is 0 Å². The van der Waals surface area contributed by atoms with Crippen LogP contribution in [0.25, 0.3) is 10.9 Å². The molecule has 4 rings (SSSR count). The number of halogens is 3. The molecule has 0 spiro atoms. The van der Waals surface area contributed by atoms with Gasteiger partial charge in [-0.3, -0.25) is 19.8 Å². The van der Waals surface area contributed by atoms with Crippen LogP contribution >= 0.6 is 11.8 Å². The molecule has 1 aromatic heterocycles. The Balaban J connectivity index is 0.000000559. The molecular weight excluding hydrogens is 551 g/mol. The molecule has 1 saturated heterocycles. The average molecular weight is 580 g/mol. The Morgan fingerprint density at radius 2 is 1.80 bits per heavy atom. The van der Waals surface area contributed by atoms with Crippen molar-refractivity contribution in [2.45, 2.75) is 50.3 Å². The normalized spacial score (nSPS) is 18.4. The maximum absolute atomic E-state index is 12.9. The summed E-state index contributed by atoms with van der Waals surface area (Å²) in [6, 6.07) is 17.0. The van der Waals surface area contributed by atoms with Crippen LogP contribution < -0.4 is 15.5 Å². The Labute approximate surface area is 232 Å². The zero-order chi connectivity index (χ0) is 29.5. The van der Waals surface area contributed by atoms with Crippen LogP contribution in [0.3, 0.4) is 0 Å². The Bertz CT molecular complexity index is 1370. The van der Waals surface area contributed by atoms with Crippen LogP contribution in [-0.4, -0.2) is 55.8 Å². The van der Waals surface area contributed by atoms with Crippen molar-refractivity contribution in [1.82, 2.24) is 15.8 Å². The lowest BCUT2D eigenvalue weighted by molar-refractivity contribution is -0.192. The number of thioether (sulfide) groups is 1. The maximum Gasteiger partial charge on any atom is 0.490 e. The Morgan fingerprint density at radius 1 is 1.15 bits per heavy atom. The van der Waals surface area contributed by atoms with E-state index in [4.69, 9.17) is 19.8 Å². The molecule has 2 amide bonds. The predicted molar refractivity (Wildman–Crippen MR) is 142 cm³/mol. The van der Waals surface area contributed by atoms with Gasteiger partial charge in [-0.2, -0.15) is 24.9 Å². The number of hydroxylamine groups is 1. The highest BCUT2D eigenvalue weighted by atomic mass is 32.2. The van der Waals surface area contributed by atoms with Gasteiger partial charge in [-0.1, -0.05) is 25.1 Å². The summed E-state index contributed by atoms with van der Waals surface area (Å²) in [5, 5.41) is 20.5. The van der Waals surface area contributed by atoms with Crippen LogP contribution in [0.5, 0.6) is 5.75 Å². The van der Waals surface area contributed by atoms with E-state index in [1.54, 1.807) is 41.5 Å². The third-order valence-corrected chi connectivity index (χ3v) is 7.46. The number of carbonyl (C=O) groups is 3. The van der Waals surface area contributed by atoms with Gasteiger partial charge in [-0.05, 0) is 49.7 Å². The Kier molecular flexibility index (Phi) is 9.98. The lowest BCUT2D eigenvalue weighted by atomic mass is 9.91. The first-order chi connectivity index (χ1) is 18.8. The van der Waals surface area contributed by atoms with E-state index in [0.717, 1.165) is 22.2 Å². The lowest BCUT2D eigenvalue weighted by Crippen LogP contribution is -2.51. The van der Waals surface area contributed by atoms with Gasteiger partial charge in [-0.25, -0.2) is 10.3 Å². The average Bonchev–Trinajstić information content (AvgIpc) is 3.26. The summed E-state index contributed by atoms with van der Waals surface area (Å²) in [6.45, 7) is 4.42. The highest BCUT2D eigenvalue weighted by molar-refractivity contribution is 8.00. The molecule has 40 heavy (non-hydrogen) atoms. The highest BCUT2D eigenvalue weighted by Crippen LogP contribution is 2.37. The predicted octanol–water partition coefficient (Wildman–Crippen LogP) is 4.65. The number of nitrogens with one attached hydrogen (secondary N) is 2. The second-order valence-corrected chi connectivity index (χ2v) is 10.8. The minimum atomic E-state index is -5.08. The molecule has 3 aromatic rings. The quantitative estimate of drug-likeness (QED) is 0.235. The monoisotopic (exact) mass is 579 g/mol. The van der Waals surface area contributed by atoms with E-state index in [-0.39, 0.29) is 12.3 Å². The van der Waals surface area contributed by atoms with Crippen molar-refractivity contribution in [3.63, 3.8) is 0 Å². The third-order valence-electron chi connectivity index (χ3n) is 6.01. The summed E-state index contributed by atoms with van der Waals surface area (Å²) >= 11 is 1.70. The Hall–Kier alpha value is -3.84. The number of hydrogen-bond donors (Lipinski definition) is 4. The fourth-order valence-electron chi connectivity index (χ4n) is 4.26. The van der Waals surface area contributed by atoms with Gasteiger partial charge in [0.2, 0.25) is 5.91 Å². The number of aryl methyl sites for hydroxylation is 1. The second kappa shape index (κ2) is 13.0. The number of rotatable bonds is 7. The topological polar surface area (TPSA) is 138 Å². The second-order valence-electron chi connectivity index (χ2n) is 9.33. The number of carboxylic acid groups (broad SMARTS) is 1. The first-order valence-electron chi connectivity index (χ1n) is 12.1. The van der Waals surface area contributed by atoms with Gasteiger partial charge >= 0.3 is 12.1 Å². The lowest BCUT2D eigenvalue weighted by Gasteiger charge is -2.29. The molecule has 1 aliphatic rings. The SMILES string of the molecule is Cc1cc(COc2ccc(C(=O)NC3(CC(=O)NO)CSC(C)C3)cc2)c2ccccc2n1.O=C(O)C(F)(F)F. The number of carboxylic acids is 1. The van der Waals surface area contributed by atoms with Crippen molar-refractivity contribution in [3.8, 4) is 5.75 Å². The molecule has 9 nitrogen and oxygen atoms in total. The van der Waals surface area contributed by atoms with E-state index in [1.165, 1.54) is 0 Å². The molecule has 2 unspecified atom stereocenters. The smallest absolute Gasteiger partial charge is 0.489 e. The summed E-state index contributed by atoms with van der Waals surface area (Å²) in [4.78, 5) is 38.1. The number of aliphatic carboxylic acids is 1. The van der Waals surface area contributed by atoms with E-state index in [2.05, 4.69) is 17.2 Å². The van der Waals surface area contributed by atoms with E-state index in [9.17, 15) is 22.8 Å². The first kappa shape index (κ1) is 30.7. The number of aromatic nitrogens is 1. The summed E-state index contributed by atoms with van der Waals surface area (Å²) in [5.74, 6) is -2.24. The van der Waals surface area contributed by atoms with Gasteiger partial charge in [0.1, 0.15) is 12.4 Å². The summed E-state index contributed by atoms with van der Waals surface area (Å²) in [7, 11) is 0. The minimum absolute atomic E-state index is 0.0348. The largest absolute Gasteiger partial charge is 0.490 e. The minimum Gasteiger partial charge on any atom is -0.489 e. The molecule has 2 atom stereocenters. The van der Waals surface area contributed by atoms with E-state index < -0.39 is 23.6 Å². The molecule has 1 fully saturated rings. The van der Waals surface area contributed by atoms with Crippen molar-refractivity contribution in [3.05, 3.63) is 71.4 Å². The number of benzene rings is 2. The number of fused-ring (bicyclic) bond motifs is 1. The molecule has 1 aliphatic heterocycles. The molecule has 0 radical (unpaired) electrons. The number of amides is 2. The highest BCUT2D eigenvalue weighted by Gasteiger charge is 2.41. The summed E-state index contributed by atoms with van der Waals surface area (Å²) in [6.07, 6.45) is -4.38. The van der Waals surface area contributed by atoms with Gasteiger partial charge in [0.05, 0.1) is 17.5 Å². The standard InChI is InChI=1S/C25H27N3O4S.C2HF3O2/c1-16-11-19(21-5-3-4-6-22(21)26-16)14-32-20-9-7-18(8-10-20)24(30)27-25(13-23(29)28-31)12-17(2)33-15-25;3-2(4,5)1(6)7/h3-11,17,31H,12-15H2,1-2H3,(H,27,30)(H,28,29);(H,6,7). The van der Waals surface area contributed by atoms with Crippen molar-refractivity contribution < 1.29 is 42.6 Å². The van der Waals surface area contributed by atoms with Crippen LogP contribution in [0.15, 0.2) is 54.6 Å². The van der Waals surface area contributed by atoms with Crippen LogP contribution in [0.4, 0.5) is 13.2 Å². The number of alkyl halides is 3. The van der Waals surface area contributed by atoms with E-state index >= 15 is 0 Å². The number of hydrogen-bond acceptors (Lipinski definition) is 7. The van der Waals surface area contributed by atoms with Gasteiger partial charge in [-0.15, -0.1) is 0 Å². The van der Waals surface area contributed by atoms with Crippen molar-refractivity contribution in [2.75, 3.05) is 5.75 Å². The third kappa shape index (κ3) is 8.33. The zero-order valence-corrected chi connectivity index (χ0v) is 22.4. The van der Waals surface area contributed by atoms with Crippen LogP contribution in [0.2, 0.25) is 0 Å².